The number of fused-ring (bicyclic) bond motifs is 2. The summed E-state index contributed by atoms with van der Waals surface area (Å²) >= 11 is 3.11. The second kappa shape index (κ2) is 5.19. The zero-order chi connectivity index (χ0) is 15.4. The second-order valence-corrected chi connectivity index (χ2v) is 8.32. The van der Waals surface area contributed by atoms with Gasteiger partial charge in [0.2, 0.25) is 10.0 Å². The third kappa shape index (κ3) is 2.48. The van der Waals surface area contributed by atoms with Crippen molar-refractivity contribution in [2.45, 2.75) is 48.8 Å². The number of hydrogen-bond donors (Lipinski definition) is 2. The highest BCUT2D eigenvalue weighted by molar-refractivity contribution is 9.10. The number of rotatable bonds is 2. The first-order chi connectivity index (χ1) is 9.80. The first kappa shape index (κ1) is 15.2. The van der Waals surface area contributed by atoms with Crippen LogP contribution in [0.25, 0.3) is 0 Å². The van der Waals surface area contributed by atoms with E-state index in [-0.39, 0.29) is 27.1 Å². The van der Waals surface area contributed by atoms with E-state index in [0.29, 0.717) is 12.8 Å². The van der Waals surface area contributed by atoms with Crippen LogP contribution in [-0.4, -0.2) is 36.0 Å². The molecule has 21 heavy (non-hydrogen) atoms. The van der Waals surface area contributed by atoms with Gasteiger partial charge in [-0.15, -0.1) is 0 Å². The molecule has 0 spiro atoms. The SMILES string of the molecule is Nc1cc(S(=O)(=O)N2C3CCC2CC(O)C3)c(Br)cc1F. The molecule has 2 bridgehead atoms. The zero-order valence-corrected chi connectivity index (χ0v) is 13.6. The molecule has 2 heterocycles. The summed E-state index contributed by atoms with van der Waals surface area (Å²) in [5.74, 6) is -0.655. The lowest BCUT2D eigenvalue weighted by molar-refractivity contribution is 0.0768. The van der Waals surface area contributed by atoms with Crippen LogP contribution in [-0.2, 0) is 10.0 Å². The molecule has 1 aromatic rings. The Morgan fingerprint density at radius 1 is 1.29 bits per heavy atom. The van der Waals surface area contributed by atoms with Crippen LogP contribution in [0.5, 0.6) is 0 Å². The summed E-state index contributed by atoms with van der Waals surface area (Å²) in [6.07, 6.45) is 1.94. The van der Waals surface area contributed by atoms with Crippen LogP contribution in [0.2, 0.25) is 0 Å². The zero-order valence-electron chi connectivity index (χ0n) is 11.2. The maximum Gasteiger partial charge on any atom is 0.244 e. The third-order valence-corrected chi connectivity index (χ3v) is 7.21. The number of nitrogens with zero attached hydrogens (tertiary/aromatic N) is 1. The van der Waals surface area contributed by atoms with E-state index in [1.54, 1.807) is 0 Å². The summed E-state index contributed by atoms with van der Waals surface area (Å²) in [5, 5.41) is 9.78. The quantitative estimate of drug-likeness (QED) is 0.769. The van der Waals surface area contributed by atoms with Crippen LogP contribution in [0.15, 0.2) is 21.5 Å². The summed E-state index contributed by atoms with van der Waals surface area (Å²) in [6.45, 7) is 0. The van der Waals surface area contributed by atoms with Gasteiger partial charge in [-0.2, -0.15) is 4.31 Å². The number of anilines is 1. The number of nitrogen functional groups attached to an aromatic ring is 1. The molecule has 0 aliphatic carbocycles. The van der Waals surface area contributed by atoms with Crippen molar-refractivity contribution in [2.24, 2.45) is 0 Å². The molecule has 2 saturated heterocycles. The molecule has 8 heteroatoms. The Balaban J connectivity index is 2.04. The molecular weight excluding hydrogens is 363 g/mol. The van der Waals surface area contributed by atoms with Crippen molar-refractivity contribution in [1.82, 2.24) is 4.31 Å². The summed E-state index contributed by atoms with van der Waals surface area (Å²) in [4.78, 5) is -0.0188. The van der Waals surface area contributed by atoms with Gasteiger partial charge in [0.15, 0.2) is 0 Å². The smallest absolute Gasteiger partial charge is 0.244 e. The lowest BCUT2D eigenvalue weighted by atomic mass is 10.0. The minimum atomic E-state index is -3.76. The minimum Gasteiger partial charge on any atom is -0.396 e. The molecule has 0 amide bonds. The normalized spacial score (nSPS) is 29.8. The topological polar surface area (TPSA) is 83.6 Å². The summed E-state index contributed by atoms with van der Waals surface area (Å²) in [6, 6.07) is 1.84. The largest absolute Gasteiger partial charge is 0.396 e. The monoisotopic (exact) mass is 378 g/mol. The van der Waals surface area contributed by atoms with Crippen LogP contribution in [0.3, 0.4) is 0 Å². The van der Waals surface area contributed by atoms with Crippen molar-refractivity contribution in [3.63, 3.8) is 0 Å². The van der Waals surface area contributed by atoms with E-state index in [1.165, 1.54) is 4.31 Å². The molecule has 2 unspecified atom stereocenters. The van der Waals surface area contributed by atoms with Crippen LogP contribution < -0.4 is 5.73 Å². The van der Waals surface area contributed by atoms with Crippen LogP contribution in [0, 0.1) is 5.82 Å². The predicted octanol–water partition coefficient (Wildman–Crippen LogP) is 1.85. The van der Waals surface area contributed by atoms with E-state index >= 15 is 0 Å². The molecule has 3 N–H and O–H groups in total. The number of nitrogens with two attached hydrogens (primary N) is 1. The molecule has 1 aromatic carbocycles. The fourth-order valence-corrected chi connectivity index (χ4v) is 6.26. The van der Waals surface area contributed by atoms with E-state index < -0.39 is 21.9 Å². The average molecular weight is 379 g/mol. The number of aliphatic hydroxyl groups excluding tert-OH is 1. The summed E-state index contributed by atoms with van der Waals surface area (Å²) in [7, 11) is -3.76. The van der Waals surface area contributed by atoms with E-state index in [1.807, 2.05) is 0 Å². The van der Waals surface area contributed by atoms with Gasteiger partial charge < -0.3 is 10.8 Å². The maximum absolute atomic E-state index is 13.4. The Hall–Kier alpha value is -0.700. The van der Waals surface area contributed by atoms with E-state index in [2.05, 4.69) is 15.9 Å². The lowest BCUT2D eigenvalue weighted by Crippen LogP contribution is -2.47. The number of sulfonamides is 1. The second-order valence-electron chi connectivity index (χ2n) is 5.65. The van der Waals surface area contributed by atoms with Gasteiger partial charge in [0.05, 0.1) is 16.7 Å². The van der Waals surface area contributed by atoms with Crippen molar-refractivity contribution >= 4 is 31.6 Å². The molecule has 0 radical (unpaired) electrons. The van der Waals surface area contributed by atoms with E-state index in [4.69, 9.17) is 5.73 Å². The third-order valence-electron chi connectivity index (χ3n) is 4.25. The Bertz CT molecular complexity index is 668. The number of benzene rings is 1. The van der Waals surface area contributed by atoms with Gasteiger partial charge in [-0.05, 0) is 53.7 Å². The highest BCUT2D eigenvalue weighted by Gasteiger charge is 2.47. The van der Waals surface area contributed by atoms with Crippen LogP contribution in [0.1, 0.15) is 25.7 Å². The molecule has 116 valence electrons. The Morgan fingerprint density at radius 3 is 2.43 bits per heavy atom. The van der Waals surface area contributed by atoms with Gasteiger partial charge >= 0.3 is 0 Å². The fraction of sp³-hybridized carbons (Fsp3) is 0.538. The van der Waals surface area contributed by atoms with Crippen LogP contribution in [0.4, 0.5) is 10.1 Å². The van der Waals surface area contributed by atoms with Crippen molar-refractivity contribution in [2.75, 3.05) is 5.73 Å². The lowest BCUT2D eigenvalue weighted by Gasteiger charge is -2.36. The van der Waals surface area contributed by atoms with Gasteiger partial charge in [-0.3, -0.25) is 0 Å². The highest BCUT2D eigenvalue weighted by Crippen LogP contribution is 2.41. The van der Waals surface area contributed by atoms with Gasteiger partial charge in [0, 0.05) is 16.6 Å². The van der Waals surface area contributed by atoms with Gasteiger partial charge in [0.1, 0.15) is 5.82 Å². The van der Waals surface area contributed by atoms with Crippen molar-refractivity contribution in [3.8, 4) is 0 Å². The number of piperidine rings is 1. The Labute approximate surface area is 131 Å². The highest BCUT2D eigenvalue weighted by atomic mass is 79.9. The summed E-state index contributed by atoms with van der Waals surface area (Å²) in [5.41, 5.74) is 5.31. The minimum absolute atomic E-state index is 0.0188. The number of hydrogen-bond acceptors (Lipinski definition) is 4. The van der Waals surface area contributed by atoms with Gasteiger partial charge in [0.25, 0.3) is 0 Å². The molecule has 2 aliphatic heterocycles. The fourth-order valence-electron chi connectivity index (χ4n) is 3.35. The van der Waals surface area contributed by atoms with E-state index in [0.717, 1.165) is 25.0 Å². The van der Waals surface area contributed by atoms with Crippen molar-refractivity contribution in [3.05, 3.63) is 22.4 Å². The molecule has 3 rings (SSSR count). The first-order valence-corrected chi connectivity index (χ1v) is 9.00. The van der Waals surface area contributed by atoms with Gasteiger partial charge in [-0.1, -0.05) is 0 Å². The van der Waals surface area contributed by atoms with Crippen LogP contribution >= 0.6 is 15.9 Å². The standard InChI is InChI=1S/C13H16BrFN2O3S/c14-10-5-11(15)12(16)6-13(10)21(19,20)17-7-1-2-8(17)4-9(18)3-7/h5-9,18H,1-4,16H2. The molecule has 5 nitrogen and oxygen atoms in total. The maximum atomic E-state index is 13.4. The predicted molar refractivity (Wildman–Crippen MR) is 79.6 cm³/mol. The molecule has 2 aliphatic rings. The molecule has 0 saturated carbocycles. The van der Waals surface area contributed by atoms with Crippen molar-refractivity contribution in [1.29, 1.82) is 0 Å². The van der Waals surface area contributed by atoms with Crippen molar-refractivity contribution < 1.29 is 17.9 Å². The molecular formula is C13H16BrFN2O3S. The first-order valence-electron chi connectivity index (χ1n) is 6.77. The molecule has 0 aromatic heterocycles. The summed E-state index contributed by atoms with van der Waals surface area (Å²) < 4.78 is 40.8. The number of halogens is 2. The number of aliphatic hydroxyl groups is 1. The van der Waals surface area contributed by atoms with E-state index in [9.17, 15) is 17.9 Å². The average Bonchev–Trinajstić information content (AvgIpc) is 2.67. The molecule has 2 atom stereocenters. The van der Waals surface area contributed by atoms with Gasteiger partial charge in [-0.25, -0.2) is 12.8 Å². The Morgan fingerprint density at radius 2 is 1.86 bits per heavy atom. The Kier molecular flexibility index (Phi) is 3.76. The molecule has 2 fully saturated rings.